The summed E-state index contributed by atoms with van der Waals surface area (Å²) in [4.78, 5) is 9.29. The molecule has 2 heterocycles. The van der Waals surface area contributed by atoms with E-state index < -0.39 is 0 Å². The Balaban J connectivity index is 1.24. The second-order valence-electron chi connectivity index (χ2n) is 9.22. The summed E-state index contributed by atoms with van der Waals surface area (Å²) in [6.45, 7) is 0. The van der Waals surface area contributed by atoms with Crippen LogP contribution in [0.4, 0.5) is 5.95 Å². The monoisotopic (exact) mass is 435 g/mol. The van der Waals surface area contributed by atoms with Crippen molar-refractivity contribution in [3.63, 3.8) is 0 Å². The van der Waals surface area contributed by atoms with E-state index in [-0.39, 0.29) is 0 Å². The van der Waals surface area contributed by atoms with Gasteiger partial charge in [0, 0.05) is 24.3 Å². The van der Waals surface area contributed by atoms with Crippen molar-refractivity contribution < 1.29 is 0 Å². The van der Waals surface area contributed by atoms with Crippen LogP contribution in [-0.4, -0.2) is 25.8 Å². The second kappa shape index (κ2) is 8.99. The van der Waals surface area contributed by atoms with E-state index in [1.54, 1.807) is 6.20 Å². The Bertz CT molecular complexity index is 1020. The average molecular weight is 436 g/mol. The summed E-state index contributed by atoms with van der Waals surface area (Å²) in [5.74, 6) is 2.22. The van der Waals surface area contributed by atoms with E-state index in [1.807, 2.05) is 17.9 Å². The summed E-state index contributed by atoms with van der Waals surface area (Å²) in [6, 6.07) is 11.3. The maximum atomic E-state index is 6.51. The third kappa shape index (κ3) is 4.93. The normalized spacial score (nSPS) is 21.2. The molecular weight excluding hydrogens is 406 g/mol. The minimum Gasteiger partial charge on any atom is -0.351 e. The Morgan fingerprint density at radius 3 is 2.42 bits per heavy atom. The van der Waals surface area contributed by atoms with Gasteiger partial charge in [0.25, 0.3) is 0 Å². The van der Waals surface area contributed by atoms with Gasteiger partial charge in [-0.05, 0) is 68.8 Å². The van der Waals surface area contributed by atoms with E-state index in [4.69, 9.17) is 16.6 Å². The highest BCUT2D eigenvalue weighted by molar-refractivity contribution is 6.32. The molecule has 2 aromatic heterocycles. The summed E-state index contributed by atoms with van der Waals surface area (Å²) in [6.07, 6.45) is 13.2. The Kier molecular flexibility index (Phi) is 5.95. The van der Waals surface area contributed by atoms with Gasteiger partial charge in [0.15, 0.2) is 0 Å². The van der Waals surface area contributed by atoms with Crippen LogP contribution < -0.4 is 5.32 Å². The molecule has 5 nitrogen and oxygen atoms in total. The Morgan fingerprint density at radius 1 is 0.968 bits per heavy atom. The first kappa shape index (κ1) is 20.5. The molecule has 1 aromatic carbocycles. The highest BCUT2D eigenvalue weighted by Gasteiger charge is 2.27. The number of hydrogen-bond donors (Lipinski definition) is 1. The molecule has 0 atom stereocenters. The number of hydrogen-bond acceptors (Lipinski definition) is 4. The van der Waals surface area contributed by atoms with Crippen molar-refractivity contribution in [1.29, 1.82) is 0 Å². The summed E-state index contributed by atoms with van der Waals surface area (Å²) >= 11 is 6.51. The van der Waals surface area contributed by atoms with Crippen LogP contribution in [0.2, 0.25) is 5.02 Å². The highest BCUT2D eigenvalue weighted by atomic mass is 35.5. The molecule has 0 amide bonds. The fraction of sp³-hybridized carbons (Fsp3) is 0.480. The van der Waals surface area contributed by atoms with Crippen LogP contribution in [0.1, 0.15) is 49.8 Å². The lowest BCUT2D eigenvalue weighted by Crippen LogP contribution is -2.27. The van der Waals surface area contributed by atoms with Crippen molar-refractivity contribution in [2.75, 3.05) is 5.32 Å². The Labute approximate surface area is 189 Å². The summed E-state index contributed by atoms with van der Waals surface area (Å²) < 4.78 is 1.97. The first-order valence-electron chi connectivity index (χ1n) is 11.5. The van der Waals surface area contributed by atoms with Gasteiger partial charge >= 0.3 is 0 Å². The van der Waals surface area contributed by atoms with Gasteiger partial charge in [-0.3, -0.25) is 4.68 Å². The standard InChI is InChI=1S/C25H30ClN5/c1-31-23(14-19-7-8-19)21(15-28-31)24-22(26)16-27-25(30-24)29-20-11-9-18(10-12-20)13-17-5-3-2-4-6-17/h2-6,15-16,18-20H,7-14H2,1H3,(H,27,29,30). The zero-order chi connectivity index (χ0) is 21.2. The van der Waals surface area contributed by atoms with E-state index >= 15 is 0 Å². The van der Waals surface area contributed by atoms with E-state index in [0.717, 1.165) is 42.4 Å². The van der Waals surface area contributed by atoms with E-state index in [2.05, 4.69) is 45.7 Å². The molecule has 2 aliphatic rings. The fourth-order valence-corrected chi connectivity index (χ4v) is 4.96. The molecule has 0 radical (unpaired) electrons. The zero-order valence-corrected chi connectivity index (χ0v) is 18.9. The number of rotatable bonds is 7. The van der Waals surface area contributed by atoms with Crippen molar-refractivity contribution in [2.45, 2.75) is 57.4 Å². The summed E-state index contributed by atoms with van der Waals surface area (Å²) in [5, 5.41) is 8.64. The van der Waals surface area contributed by atoms with Crippen LogP contribution in [0.25, 0.3) is 11.3 Å². The predicted molar refractivity (Wildman–Crippen MR) is 125 cm³/mol. The van der Waals surface area contributed by atoms with Gasteiger partial charge < -0.3 is 5.32 Å². The maximum Gasteiger partial charge on any atom is 0.223 e. The molecule has 5 rings (SSSR count). The molecule has 162 valence electrons. The molecule has 0 spiro atoms. The maximum absolute atomic E-state index is 6.51. The van der Waals surface area contributed by atoms with Crippen LogP contribution in [0.15, 0.2) is 42.7 Å². The first-order chi connectivity index (χ1) is 15.2. The van der Waals surface area contributed by atoms with Gasteiger partial charge in [-0.25, -0.2) is 9.97 Å². The number of halogens is 1. The van der Waals surface area contributed by atoms with Gasteiger partial charge in [0.1, 0.15) is 0 Å². The molecule has 3 aromatic rings. The van der Waals surface area contributed by atoms with Gasteiger partial charge in [0.05, 0.1) is 23.1 Å². The molecule has 0 unspecified atom stereocenters. The van der Waals surface area contributed by atoms with Crippen LogP contribution in [0.3, 0.4) is 0 Å². The van der Waals surface area contributed by atoms with Crippen molar-refractivity contribution in [2.24, 2.45) is 18.9 Å². The lowest BCUT2D eigenvalue weighted by molar-refractivity contribution is 0.335. The van der Waals surface area contributed by atoms with Gasteiger partial charge in [-0.15, -0.1) is 0 Å². The quantitative estimate of drug-likeness (QED) is 0.517. The Hall–Kier alpha value is -2.40. The number of nitrogens with one attached hydrogen (secondary N) is 1. The van der Waals surface area contributed by atoms with Crippen LogP contribution in [0.5, 0.6) is 0 Å². The zero-order valence-electron chi connectivity index (χ0n) is 18.1. The molecule has 0 bridgehead atoms. The molecule has 2 aliphatic carbocycles. The van der Waals surface area contributed by atoms with Crippen LogP contribution in [0, 0.1) is 11.8 Å². The first-order valence-corrected chi connectivity index (χ1v) is 11.9. The van der Waals surface area contributed by atoms with E-state index in [9.17, 15) is 0 Å². The van der Waals surface area contributed by atoms with E-state index in [0.29, 0.717) is 17.0 Å². The predicted octanol–water partition coefficient (Wildman–Crippen LogP) is 5.70. The minimum absolute atomic E-state index is 0.417. The molecule has 2 saturated carbocycles. The third-order valence-electron chi connectivity index (χ3n) is 6.79. The van der Waals surface area contributed by atoms with Crippen molar-refractivity contribution >= 4 is 17.5 Å². The van der Waals surface area contributed by atoms with Crippen LogP contribution >= 0.6 is 11.6 Å². The highest BCUT2D eigenvalue weighted by Crippen LogP contribution is 2.37. The lowest BCUT2D eigenvalue weighted by atomic mass is 9.82. The molecule has 1 N–H and O–H groups in total. The topological polar surface area (TPSA) is 55.6 Å². The number of aromatic nitrogens is 4. The number of benzene rings is 1. The van der Waals surface area contributed by atoms with Crippen molar-refractivity contribution in [1.82, 2.24) is 19.7 Å². The number of aryl methyl sites for hydroxylation is 1. The lowest BCUT2D eigenvalue weighted by Gasteiger charge is -2.29. The molecule has 2 fully saturated rings. The summed E-state index contributed by atoms with van der Waals surface area (Å²) in [7, 11) is 2.00. The summed E-state index contributed by atoms with van der Waals surface area (Å²) in [5.41, 5.74) is 4.50. The molecule has 0 saturated heterocycles. The van der Waals surface area contributed by atoms with Crippen LogP contribution in [-0.2, 0) is 19.9 Å². The second-order valence-corrected chi connectivity index (χ2v) is 9.63. The minimum atomic E-state index is 0.417. The smallest absolute Gasteiger partial charge is 0.223 e. The third-order valence-corrected chi connectivity index (χ3v) is 7.06. The van der Waals surface area contributed by atoms with Crippen molar-refractivity contribution in [3.8, 4) is 11.3 Å². The largest absolute Gasteiger partial charge is 0.351 e. The van der Waals surface area contributed by atoms with Gasteiger partial charge in [0.2, 0.25) is 5.95 Å². The number of anilines is 1. The van der Waals surface area contributed by atoms with Crippen molar-refractivity contribution in [3.05, 3.63) is 59.0 Å². The Morgan fingerprint density at radius 2 is 1.68 bits per heavy atom. The molecule has 0 aliphatic heterocycles. The fourth-order valence-electron chi connectivity index (χ4n) is 4.76. The molecular formula is C25H30ClN5. The average Bonchev–Trinajstić information content (AvgIpc) is 3.54. The SMILES string of the molecule is Cn1ncc(-c2nc(NC3CCC(Cc4ccccc4)CC3)ncc2Cl)c1CC1CC1. The molecule has 31 heavy (non-hydrogen) atoms. The molecule has 6 heteroatoms. The van der Waals surface area contributed by atoms with Gasteiger partial charge in [-0.2, -0.15) is 5.10 Å². The number of nitrogens with zero attached hydrogens (tertiary/aromatic N) is 4. The van der Waals surface area contributed by atoms with Gasteiger partial charge in [-0.1, -0.05) is 41.9 Å². The van der Waals surface area contributed by atoms with E-state index in [1.165, 1.54) is 43.4 Å².